The third-order valence-corrected chi connectivity index (χ3v) is 6.21. The molecule has 2 aliphatic rings. The number of carbonyl (C=O) groups is 1. The molecule has 1 amide bonds. The second kappa shape index (κ2) is 8.15. The second-order valence-corrected chi connectivity index (χ2v) is 8.39. The zero-order chi connectivity index (χ0) is 16.9. The van der Waals surface area contributed by atoms with E-state index in [-0.39, 0.29) is 0 Å². The summed E-state index contributed by atoms with van der Waals surface area (Å²) >= 11 is 2.04. The van der Waals surface area contributed by atoms with Gasteiger partial charge in [-0.3, -0.25) is 4.79 Å². The molecule has 1 unspecified atom stereocenters. The minimum atomic E-state index is 0.525. The van der Waals surface area contributed by atoms with E-state index in [2.05, 4.69) is 47.9 Å². The van der Waals surface area contributed by atoms with Gasteiger partial charge in [0.05, 0.1) is 0 Å². The lowest BCUT2D eigenvalue weighted by Gasteiger charge is -2.30. The molecular weight excluding hydrogens is 318 g/mol. The maximum absolute atomic E-state index is 11.2. The van der Waals surface area contributed by atoms with Crippen molar-refractivity contribution in [2.45, 2.75) is 13.8 Å². The van der Waals surface area contributed by atoms with E-state index in [1.807, 2.05) is 16.7 Å². The molecule has 2 aliphatic heterocycles. The number of amides is 1. The molecule has 2 fully saturated rings. The van der Waals surface area contributed by atoms with E-state index in [0.29, 0.717) is 11.8 Å². The molecule has 0 saturated carbocycles. The second-order valence-electron chi connectivity index (χ2n) is 7.17. The Morgan fingerprint density at radius 1 is 0.958 bits per heavy atom. The van der Waals surface area contributed by atoms with E-state index < -0.39 is 0 Å². The monoisotopic (exact) mass is 347 g/mol. The van der Waals surface area contributed by atoms with Gasteiger partial charge in [0.2, 0.25) is 6.41 Å². The van der Waals surface area contributed by atoms with Crippen molar-refractivity contribution >= 4 is 29.5 Å². The Balaban J connectivity index is 1.71. The smallest absolute Gasteiger partial charge is 0.209 e. The molecule has 2 heterocycles. The van der Waals surface area contributed by atoms with E-state index in [0.717, 1.165) is 45.7 Å². The average molecular weight is 348 g/mol. The van der Waals surface area contributed by atoms with Gasteiger partial charge in [-0.1, -0.05) is 13.8 Å². The number of thioether (sulfide) groups is 1. The number of benzene rings is 1. The Morgan fingerprint density at radius 2 is 1.58 bits per heavy atom. The van der Waals surface area contributed by atoms with Crippen LogP contribution in [-0.2, 0) is 4.79 Å². The van der Waals surface area contributed by atoms with Crippen LogP contribution in [0.25, 0.3) is 0 Å². The van der Waals surface area contributed by atoms with Crippen molar-refractivity contribution in [2.24, 2.45) is 11.8 Å². The van der Waals surface area contributed by atoms with Crippen molar-refractivity contribution in [3.05, 3.63) is 24.3 Å². The minimum Gasteiger partial charge on any atom is -0.370 e. The van der Waals surface area contributed by atoms with Crippen LogP contribution in [0.1, 0.15) is 13.8 Å². The van der Waals surface area contributed by atoms with Crippen molar-refractivity contribution in [1.29, 1.82) is 0 Å². The molecule has 132 valence electrons. The van der Waals surface area contributed by atoms with Gasteiger partial charge in [0.25, 0.3) is 0 Å². The third-order valence-electron chi connectivity index (χ3n) is 5.26. The first-order chi connectivity index (χ1) is 11.7. The zero-order valence-corrected chi connectivity index (χ0v) is 15.7. The Labute approximate surface area is 150 Å². The summed E-state index contributed by atoms with van der Waals surface area (Å²) in [7, 11) is 0. The van der Waals surface area contributed by atoms with E-state index in [9.17, 15) is 4.79 Å². The Morgan fingerprint density at radius 3 is 2.17 bits per heavy atom. The fraction of sp³-hybridized carbons (Fsp3) is 0.632. The summed E-state index contributed by atoms with van der Waals surface area (Å²) in [6.07, 6.45) is 1.01. The summed E-state index contributed by atoms with van der Waals surface area (Å²) < 4.78 is 0. The highest BCUT2D eigenvalue weighted by Crippen LogP contribution is 2.26. The van der Waals surface area contributed by atoms with Crippen LogP contribution < -0.4 is 9.80 Å². The van der Waals surface area contributed by atoms with E-state index in [4.69, 9.17) is 0 Å². The predicted octanol–water partition coefficient (Wildman–Crippen LogP) is 2.79. The number of carbonyl (C=O) groups excluding carboxylic acids is 1. The normalized spacial score (nSPS) is 22.6. The summed E-state index contributed by atoms with van der Waals surface area (Å²) in [6, 6.07) is 9.03. The number of hydrogen-bond acceptors (Lipinski definition) is 4. The van der Waals surface area contributed by atoms with Gasteiger partial charge in [0.15, 0.2) is 0 Å². The summed E-state index contributed by atoms with van der Waals surface area (Å²) in [4.78, 5) is 18.1. The van der Waals surface area contributed by atoms with Crippen molar-refractivity contribution in [3.63, 3.8) is 0 Å². The van der Waals surface area contributed by atoms with Gasteiger partial charge < -0.3 is 14.7 Å². The summed E-state index contributed by atoms with van der Waals surface area (Å²) in [6.45, 7) is 10.5. The standard InChI is InChI=1S/C19H29N3OS/c1-16(2)17-13-20(15-23)7-8-22(14-17)19-5-3-18(4-6-19)21-9-11-24-12-10-21/h3-6,15-17H,7-14H2,1-2H3. The molecule has 0 spiro atoms. The quantitative estimate of drug-likeness (QED) is 0.783. The Bertz CT molecular complexity index is 528. The van der Waals surface area contributed by atoms with Crippen LogP contribution in [-0.4, -0.2) is 62.1 Å². The summed E-state index contributed by atoms with van der Waals surface area (Å²) in [5.74, 6) is 3.56. The molecule has 1 aromatic rings. The molecule has 0 radical (unpaired) electrons. The lowest BCUT2D eigenvalue weighted by molar-refractivity contribution is -0.118. The van der Waals surface area contributed by atoms with Crippen LogP contribution in [0.2, 0.25) is 0 Å². The van der Waals surface area contributed by atoms with Gasteiger partial charge in [-0.2, -0.15) is 11.8 Å². The number of anilines is 2. The van der Waals surface area contributed by atoms with Gasteiger partial charge in [-0.15, -0.1) is 0 Å². The minimum absolute atomic E-state index is 0.525. The first-order valence-corrected chi connectivity index (χ1v) is 10.2. The SMILES string of the molecule is CC(C)C1CN(C=O)CCN(c2ccc(N3CCSCC3)cc2)C1. The van der Waals surface area contributed by atoms with Crippen LogP contribution in [0.3, 0.4) is 0 Å². The highest BCUT2D eigenvalue weighted by Gasteiger charge is 2.24. The highest BCUT2D eigenvalue weighted by atomic mass is 32.2. The first kappa shape index (κ1) is 17.5. The van der Waals surface area contributed by atoms with Crippen LogP contribution in [0.5, 0.6) is 0 Å². The molecule has 1 aromatic carbocycles. The lowest BCUT2D eigenvalue weighted by atomic mass is 9.95. The van der Waals surface area contributed by atoms with Gasteiger partial charge in [0.1, 0.15) is 0 Å². The lowest BCUT2D eigenvalue weighted by Crippen LogP contribution is -2.33. The number of nitrogens with zero attached hydrogens (tertiary/aromatic N) is 3. The van der Waals surface area contributed by atoms with Gasteiger partial charge in [-0.25, -0.2) is 0 Å². The topological polar surface area (TPSA) is 26.8 Å². The van der Waals surface area contributed by atoms with Crippen LogP contribution in [0.15, 0.2) is 24.3 Å². The van der Waals surface area contributed by atoms with Crippen LogP contribution >= 0.6 is 11.8 Å². The largest absolute Gasteiger partial charge is 0.370 e. The maximum Gasteiger partial charge on any atom is 0.209 e. The third kappa shape index (κ3) is 4.18. The van der Waals surface area contributed by atoms with Gasteiger partial charge >= 0.3 is 0 Å². The van der Waals surface area contributed by atoms with E-state index in [1.165, 1.54) is 22.9 Å². The molecule has 5 heteroatoms. The van der Waals surface area contributed by atoms with Gasteiger partial charge in [-0.05, 0) is 36.1 Å². The first-order valence-electron chi connectivity index (χ1n) is 9.04. The molecule has 3 rings (SSSR count). The van der Waals surface area contributed by atoms with Crippen molar-refractivity contribution in [3.8, 4) is 0 Å². The molecular formula is C19H29N3OS. The molecule has 24 heavy (non-hydrogen) atoms. The molecule has 0 aliphatic carbocycles. The zero-order valence-electron chi connectivity index (χ0n) is 14.9. The number of hydrogen-bond donors (Lipinski definition) is 0. The molecule has 4 nitrogen and oxygen atoms in total. The van der Waals surface area contributed by atoms with E-state index in [1.54, 1.807) is 0 Å². The summed E-state index contributed by atoms with van der Waals surface area (Å²) in [5.41, 5.74) is 2.62. The maximum atomic E-state index is 11.2. The summed E-state index contributed by atoms with van der Waals surface area (Å²) in [5, 5.41) is 0. The Hall–Kier alpha value is -1.36. The van der Waals surface area contributed by atoms with Crippen LogP contribution in [0.4, 0.5) is 11.4 Å². The molecule has 0 bridgehead atoms. The highest BCUT2D eigenvalue weighted by molar-refractivity contribution is 7.99. The van der Waals surface area contributed by atoms with Crippen molar-refractivity contribution in [2.75, 3.05) is 60.6 Å². The fourth-order valence-corrected chi connectivity index (χ4v) is 4.42. The van der Waals surface area contributed by atoms with Crippen LogP contribution in [0, 0.1) is 11.8 Å². The fourth-order valence-electron chi connectivity index (χ4n) is 3.52. The van der Waals surface area contributed by atoms with Crippen molar-refractivity contribution < 1.29 is 4.79 Å². The molecule has 0 N–H and O–H groups in total. The molecule has 2 saturated heterocycles. The van der Waals surface area contributed by atoms with Gasteiger partial charge in [0, 0.05) is 62.1 Å². The predicted molar refractivity (Wildman–Crippen MR) is 104 cm³/mol. The van der Waals surface area contributed by atoms with E-state index >= 15 is 0 Å². The van der Waals surface area contributed by atoms with Crippen molar-refractivity contribution in [1.82, 2.24) is 4.90 Å². The number of rotatable bonds is 4. The Kier molecular flexibility index (Phi) is 5.93. The molecule has 1 atom stereocenters. The average Bonchev–Trinajstić information content (AvgIpc) is 2.85. The molecule has 0 aromatic heterocycles.